The number of hydrogen-bond donors (Lipinski definition) is 3. The summed E-state index contributed by atoms with van der Waals surface area (Å²) < 4.78 is 26.8. The lowest BCUT2D eigenvalue weighted by Gasteiger charge is -2.07. The molecule has 0 atom stereocenters. The van der Waals surface area contributed by atoms with Crippen molar-refractivity contribution in [3.05, 3.63) is 29.8 Å². The third-order valence-electron chi connectivity index (χ3n) is 3.65. The van der Waals surface area contributed by atoms with E-state index in [-0.39, 0.29) is 29.3 Å². The van der Waals surface area contributed by atoms with Crippen LogP contribution in [-0.2, 0) is 21.2 Å². The Morgan fingerprint density at radius 1 is 1.17 bits per heavy atom. The lowest BCUT2D eigenvalue weighted by atomic mass is 10.1. The van der Waals surface area contributed by atoms with Gasteiger partial charge in [-0.25, -0.2) is 13.1 Å². The molecule has 1 aliphatic carbocycles. The van der Waals surface area contributed by atoms with Crippen molar-refractivity contribution in [3.63, 3.8) is 0 Å². The number of likely N-dealkylation sites (N-methyl/N-ethyl adjacent to an activating group) is 1. The van der Waals surface area contributed by atoms with E-state index in [2.05, 4.69) is 15.4 Å². The first-order valence-electron chi connectivity index (χ1n) is 8.10. The van der Waals surface area contributed by atoms with Crippen molar-refractivity contribution in [1.82, 2.24) is 15.4 Å². The molecule has 136 valence electrons. The average Bonchev–Trinajstić information content (AvgIpc) is 3.33. The van der Waals surface area contributed by atoms with Gasteiger partial charge in [0.05, 0.1) is 4.90 Å². The standard InChI is InChI=1S/C16H25N3O3S.ClH/c1-2-17-11-12-18-16(20)10-5-13-3-8-15(9-4-13)23(21,22)19-14-6-7-14;/h3-4,8-9,14,17,19H,2,5-7,10-12H2,1H3,(H,18,20);1H. The Labute approximate surface area is 150 Å². The fourth-order valence-electron chi connectivity index (χ4n) is 2.14. The Balaban J connectivity index is 0.00000288. The maximum Gasteiger partial charge on any atom is 0.240 e. The van der Waals surface area contributed by atoms with Crippen LogP contribution >= 0.6 is 12.4 Å². The number of carbonyl (C=O) groups excluding carboxylic acids is 1. The minimum Gasteiger partial charge on any atom is -0.355 e. The summed E-state index contributed by atoms with van der Waals surface area (Å²) in [6.45, 7) is 4.30. The summed E-state index contributed by atoms with van der Waals surface area (Å²) in [7, 11) is -3.40. The van der Waals surface area contributed by atoms with Crippen molar-refractivity contribution in [3.8, 4) is 0 Å². The predicted molar refractivity (Wildman–Crippen MR) is 96.9 cm³/mol. The summed E-state index contributed by atoms with van der Waals surface area (Å²) in [5.41, 5.74) is 0.956. The van der Waals surface area contributed by atoms with Crippen LogP contribution in [0.1, 0.15) is 31.7 Å². The second kappa shape index (κ2) is 9.98. The van der Waals surface area contributed by atoms with E-state index in [1.807, 2.05) is 6.92 Å². The SMILES string of the molecule is CCNCCNC(=O)CCc1ccc(S(=O)(=O)NC2CC2)cc1.Cl. The summed E-state index contributed by atoms with van der Waals surface area (Å²) in [5, 5.41) is 5.98. The molecular weight excluding hydrogens is 350 g/mol. The highest BCUT2D eigenvalue weighted by Gasteiger charge is 2.27. The lowest BCUT2D eigenvalue weighted by molar-refractivity contribution is -0.121. The van der Waals surface area contributed by atoms with Crippen molar-refractivity contribution in [1.29, 1.82) is 0 Å². The van der Waals surface area contributed by atoms with Crippen LogP contribution in [0.2, 0.25) is 0 Å². The molecule has 0 radical (unpaired) electrons. The first-order valence-corrected chi connectivity index (χ1v) is 9.58. The second-order valence-corrected chi connectivity index (χ2v) is 7.46. The van der Waals surface area contributed by atoms with Crippen LogP contribution in [-0.4, -0.2) is 40.0 Å². The molecule has 0 bridgehead atoms. The molecule has 0 aliphatic heterocycles. The van der Waals surface area contributed by atoms with Crippen LogP contribution in [0.4, 0.5) is 0 Å². The number of amides is 1. The smallest absolute Gasteiger partial charge is 0.240 e. The van der Waals surface area contributed by atoms with E-state index < -0.39 is 10.0 Å². The van der Waals surface area contributed by atoms with E-state index in [0.717, 1.165) is 31.5 Å². The molecule has 0 saturated heterocycles. The minimum atomic E-state index is -3.40. The highest BCUT2D eigenvalue weighted by molar-refractivity contribution is 7.89. The zero-order chi connectivity index (χ0) is 16.7. The molecule has 24 heavy (non-hydrogen) atoms. The third-order valence-corrected chi connectivity index (χ3v) is 5.18. The number of sulfonamides is 1. The van der Waals surface area contributed by atoms with Gasteiger partial charge in [-0.15, -0.1) is 12.4 Å². The Hall–Kier alpha value is -1.15. The van der Waals surface area contributed by atoms with Crippen molar-refractivity contribution in [2.75, 3.05) is 19.6 Å². The molecule has 1 aliphatic rings. The van der Waals surface area contributed by atoms with E-state index in [9.17, 15) is 13.2 Å². The van der Waals surface area contributed by atoms with E-state index in [1.165, 1.54) is 0 Å². The normalized spacial score (nSPS) is 14.0. The first-order chi connectivity index (χ1) is 11.0. The Morgan fingerprint density at radius 2 is 1.83 bits per heavy atom. The van der Waals surface area contributed by atoms with Crippen LogP contribution in [0.3, 0.4) is 0 Å². The zero-order valence-electron chi connectivity index (χ0n) is 13.9. The molecular formula is C16H26ClN3O3S. The number of halogens is 1. The molecule has 0 spiro atoms. The zero-order valence-corrected chi connectivity index (χ0v) is 15.5. The highest BCUT2D eigenvalue weighted by atomic mass is 35.5. The molecule has 0 heterocycles. The molecule has 1 saturated carbocycles. The number of hydrogen-bond acceptors (Lipinski definition) is 4. The number of rotatable bonds is 10. The summed E-state index contributed by atoms with van der Waals surface area (Å²) in [5.74, 6) is 0.00926. The van der Waals surface area contributed by atoms with Gasteiger partial charge in [0.15, 0.2) is 0 Å². The quantitative estimate of drug-likeness (QED) is 0.536. The third kappa shape index (κ3) is 7.17. The van der Waals surface area contributed by atoms with E-state index >= 15 is 0 Å². The van der Waals surface area contributed by atoms with Gasteiger partial charge in [-0.1, -0.05) is 19.1 Å². The number of benzene rings is 1. The predicted octanol–water partition coefficient (Wildman–Crippen LogP) is 1.21. The van der Waals surface area contributed by atoms with Gasteiger partial charge in [0.1, 0.15) is 0 Å². The highest BCUT2D eigenvalue weighted by Crippen LogP contribution is 2.22. The number of nitrogens with one attached hydrogen (secondary N) is 3. The van der Waals surface area contributed by atoms with Crippen LogP contribution in [0, 0.1) is 0 Å². The van der Waals surface area contributed by atoms with E-state index in [1.54, 1.807) is 24.3 Å². The fourth-order valence-corrected chi connectivity index (χ4v) is 3.44. The van der Waals surface area contributed by atoms with Crippen LogP contribution < -0.4 is 15.4 Å². The fraction of sp³-hybridized carbons (Fsp3) is 0.562. The van der Waals surface area contributed by atoms with Crippen LogP contribution in [0.15, 0.2) is 29.2 Å². The van der Waals surface area contributed by atoms with Crippen molar-refractivity contribution < 1.29 is 13.2 Å². The van der Waals surface area contributed by atoms with Crippen molar-refractivity contribution >= 4 is 28.3 Å². The van der Waals surface area contributed by atoms with Crippen LogP contribution in [0.5, 0.6) is 0 Å². The van der Waals surface area contributed by atoms with Gasteiger partial charge in [0.2, 0.25) is 15.9 Å². The summed E-state index contributed by atoms with van der Waals surface area (Å²) in [6, 6.07) is 6.85. The Kier molecular flexibility index (Phi) is 8.69. The first kappa shape index (κ1) is 20.9. The lowest BCUT2D eigenvalue weighted by Crippen LogP contribution is -2.31. The maximum atomic E-state index is 12.1. The van der Waals surface area contributed by atoms with Gasteiger partial charge in [0.25, 0.3) is 0 Å². The van der Waals surface area contributed by atoms with E-state index in [4.69, 9.17) is 0 Å². The van der Waals surface area contributed by atoms with E-state index in [0.29, 0.717) is 19.4 Å². The van der Waals surface area contributed by atoms with Crippen molar-refractivity contribution in [2.45, 2.75) is 43.5 Å². The van der Waals surface area contributed by atoms with Crippen LogP contribution in [0.25, 0.3) is 0 Å². The van der Waals surface area contributed by atoms with Gasteiger partial charge in [-0.2, -0.15) is 0 Å². The summed E-state index contributed by atoms with van der Waals surface area (Å²) in [6.07, 6.45) is 2.84. The summed E-state index contributed by atoms with van der Waals surface area (Å²) in [4.78, 5) is 12.0. The minimum absolute atomic E-state index is 0. The molecule has 0 aromatic heterocycles. The molecule has 1 fully saturated rings. The molecule has 8 heteroatoms. The van der Waals surface area contributed by atoms with Gasteiger partial charge in [-0.3, -0.25) is 4.79 Å². The topological polar surface area (TPSA) is 87.3 Å². The molecule has 3 N–H and O–H groups in total. The largest absolute Gasteiger partial charge is 0.355 e. The van der Waals surface area contributed by atoms with Gasteiger partial charge < -0.3 is 10.6 Å². The Bertz CT molecular complexity index is 616. The molecule has 1 amide bonds. The molecule has 1 aromatic rings. The second-order valence-electron chi connectivity index (χ2n) is 5.74. The molecule has 6 nitrogen and oxygen atoms in total. The Morgan fingerprint density at radius 3 is 2.42 bits per heavy atom. The van der Waals surface area contributed by atoms with Gasteiger partial charge in [-0.05, 0) is 43.5 Å². The average molecular weight is 376 g/mol. The van der Waals surface area contributed by atoms with Crippen molar-refractivity contribution in [2.24, 2.45) is 0 Å². The maximum absolute atomic E-state index is 12.1. The number of carbonyl (C=O) groups is 1. The monoisotopic (exact) mass is 375 g/mol. The van der Waals surface area contributed by atoms with Gasteiger partial charge >= 0.3 is 0 Å². The molecule has 1 aromatic carbocycles. The summed E-state index contributed by atoms with van der Waals surface area (Å²) >= 11 is 0. The molecule has 2 rings (SSSR count). The molecule has 0 unspecified atom stereocenters. The number of aryl methyl sites for hydroxylation is 1. The van der Waals surface area contributed by atoms with Gasteiger partial charge in [0, 0.05) is 25.6 Å².